The maximum atomic E-state index is 13.2. The second-order valence-corrected chi connectivity index (χ2v) is 9.41. The lowest BCUT2D eigenvalue weighted by Crippen LogP contribution is -2.46. The number of hydrogen-bond acceptors (Lipinski definition) is 4. The third kappa shape index (κ3) is 5.09. The van der Waals surface area contributed by atoms with Crippen molar-refractivity contribution in [1.82, 2.24) is 9.62 Å². The summed E-state index contributed by atoms with van der Waals surface area (Å²) in [6.45, 7) is 1.84. The van der Waals surface area contributed by atoms with Crippen molar-refractivity contribution < 1.29 is 17.6 Å². The van der Waals surface area contributed by atoms with Gasteiger partial charge in [0.1, 0.15) is 12.4 Å². The summed E-state index contributed by atoms with van der Waals surface area (Å²) in [6.07, 6.45) is 1.77. The second-order valence-electron chi connectivity index (χ2n) is 7.34. The van der Waals surface area contributed by atoms with Crippen LogP contribution in [-0.2, 0) is 21.4 Å². The minimum atomic E-state index is -3.90. The van der Waals surface area contributed by atoms with Gasteiger partial charge in [0.05, 0.1) is 5.69 Å². The molecular weight excluding hydrogens is 407 g/mol. The Morgan fingerprint density at radius 3 is 2.53 bits per heavy atom. The highest BCUT2D eigenvalue weighted by Gasteiger charge is 2.27. The Morgan fingerprint density at radius 1 is 1.13 bits per heavy atom. The molecule has 0 fully saturated rings. The largest absolute Gasteiger partial charge is 0.371 e. The number of carbonyl (C=O) groups excluding carboxylic acids is 1. The minimum absolute atomic E-state index is 0.230. The summed E-state index contributed by atoms with van der Waals surface area (Å²) >= 11 is 0. The lowest BCUT2D eigenvalue weighted by atomic mass is 10.2. The Bertz CT molecular complexity index is 980. The van der Waals surface area contributed by atoms with Crippen LogP contribution in [-0.4, -0.2) is 58.9 Å². The average Bonchev–Trinajstić information content (AvgIpc) is 3.13. The number of para-hydroxylation sites is 1. The van der Waals surface area contributed by atoms with Crippen molar-refractivity contribution in [3.05, 3.63) is 59.9 Å². The van der Waals surface area contributed by atoms with Crippen molar-refractivity contribution in [2.45, 2.75) is 12.8 Å². The van der Waals surface area contributed by atoms with Crippen LogP contribution in [0.25, 0.3) is 0 Å². The first-order chi connectivity index (χ1) is 14.3. The average molecular weight is 435 g/mol. The molecule has 0 saturated heterocycles. The molecule has 0 spiro atoms. The van der Waals surface area contributed by atoms with Crippen molar-refractivity contribution in [2.24, 2.45) is 0 Å². The first kappa shape index (κ1) is 22.0. The third-order valence-electron chi connectivity index (χ3n) is 5.05. The van der Waals surface area contributed by atoms with Gasteiger partial charge < -0.3 is 10.2 Å². The van der Waals surface area contributed by atoms with Crippen LogP contribution in [0.4, 0.5) is 15.8 Å². The van der Waals surface area contributed by atoms with Gasteiger partial charge in [0.15, 0.2) is 0 Å². The summed E-state index contributed by atoms with van der Waals surface area (Å²) < 4.78 is 40.5. The molecule has 1 amide bonds. The second kappa shape index (κ2) is 9.44. The standard InChI is InChI=1S/C21H27FN4O3S/c1-24(2)30(28,29)26(19-10-8-18(22)9-11-19)16-21(27)23-13-5-14-25-15-12-17-6-3-4-7-20(17)25/h3-4,6-11H,5,12-16H2,1-2H3,(H,23,27). The molecule has 2 aromatic carbocycles. The molecule has 1 aliphatic heterocycles. The molecule has 1 aliphatic rings. The molecule has 9 heteroatoms. The molecule has 0 bridgehead atoms. The van der Waals surface area contributed by atoms with E-state index in [0.717, 1.165) is 34.5 Å². The molecule has 1 N–H and O–H groups in total. The maximum Gasteiger partial charge on any atom is 0.304 e. The number of rotatable bonds is 9. The normalized spacial score (nSPS) is 13.4. The summed E-state index contributed by atoms with van der Waals surface area (Å²) in [6, 6.07) is 13.3. The molecule has 7 nitrogen and oxygen atoms in total. The van der Waals surface area contributed by atoms with E-state index >= 15 is 0 Å². The van der Waals surface area contributed by atoms with Crippen LogP contribution in [0.1, 0.15) is 12.0 Å². The van der Waals surface area contributed by atoms with Gasteiger partial charge in [0, 0.05) is 39.4 Å². The fraction of sp³-hybridized carbons (Fsp3) is 0.381. The number of anilines is 2. The Labute approximate surface area is 177 Å². The van der Waals surface area contributed by atoms with E-state index in [1.54, 1.807) is 0 Å². The first-order valence-corrected chi connectivity index (χ1v) is 11.2. The predicted octanol–water partition coefficient (Wildman–Crippen LogP) is 2.01. The zero-order valence-corrected chi connectivity index (χ0v) is 18.0. The molecule has 0 saturated carbocycles. The van der Waals surface area contributed by atoms with E-state index in [1.807, 2.05) is 12.1 Å². The van der Waals surface area contributed by atoms with E-state index in [0.29, 0.717) is 6.54 Å². The number of nitrogens with zero attached hydrogens (tertiary/aromatic N) is 3. The maximum absolute atomic E-state index is 13.2. The number of hydrogen-bond donors (Lipinski definition) is 1. The van der Waals surface area contributed by atoms with Crippen LogP contribution in [0.2, 0.25) is 0 Å². The fourth-order valence-electron chi connectivity index (χ4n) is 3.43. The number of carbonyl (C=O) groups is 1. The van der Waals surface area contributed by atoms with Crippen molar-refractivity contribution in [3.8, 4) is 0 Å². The van der Waals surface area contributed by atoms with Crippen molar-refractivity contribution in [1.29, 1.82) is 0 Å². The van der Waals surface area contributed by atoms with Crippen LogP contribution in [0.5, 0.6) is 0 Å². The molecule has 0 aromatic heterocycles. The van der Waals surface area contributed by atoms with Crippen LogP contribution in [0.15, 0.2) is 48.5 Å². The molecule has 3 rings (SSSR count). The van der Waals surface area contributed by atoms with E-state index < -0.39 is 21.9 Å². The number of nitrogens with one attached hydrogen (secondary N) is 1. The van der Waals surface area contributed by atoms with Crippen molar-refractivity contribution >= 4 is 27.5 Å². The van der Waals surface area contributed by atoms with Gasteiger partial charge >= 0.3 is 10.2 Å². The third-order valence-corrected chi connectivity index (χ3v) is 6.87. The van der Waals surface area contributed by atoms with Crippen molar-refractivity contribution in [2.75, 3.05) is 49.5 Å². The smallest absolute Gasteiger partial charge is 0.304 e. The fourth-order valence-corrected chi connectivity index (χ4v) is 4.50. The molecule has 30 heavy (non-hydrogen) atoms. The summed E-state index contributed by atoms with van der Waals surface area (Å²) in [7, 11) is -1.13. The Kier molecular flexibility index (Phi) is 6.94. The van der Waals surface area contributed by atoms with E-state index in [-0.39, 0.29) is 12.2 Å². The summed E-state index contributed by atoms with van der Waals surface area (Å²) in [4.78, 5) is 14.7. The van der Waals surface area contributed by atoms with E-state index in [9.17, 15) is 17.6 Å². The molecule has 0 unspecified atom stereocenters. The highest BCUT2D eigenvalue weighted by molar-refractivity contribution is 7.90. The Balaban J connectivity index is 1.55. The molecule has 0 radical (unpaired) electrons. The van der Waals surface area contributed by atoms with Gasteiger partial charge in [0.25, 0.3) is 0 Å². The zero-order valence-electron chi connectivity index (χ0n) is 17.2. The molecule has 0 atom stereocenters. The van der Waals surface area contributed by atoms with Gasteiger partial charge in [-0.3, -0.25) is 4.79 Å². The Morgan fingerprint density at radius 2 is 1.83 bits per heavy atom. The molecule has 2 aromatic rings. The minimum Gasteiger partial charge on any atom is -0.371 e. The van der Waals surface area contributed by atoms with Crippen LogP contribution in [0.3, 0.4) is 0 Å². The van der Waals surface area contributed by atoms with Gasteiger partial charge in [-0.1, -0.05) is 18.2 Å². The lowest BCUT2D eigenvalue weighted by Gasteiger charge is -2.27. The van der Waals surface area contributed by atoms with Gasteiger partial charge in [0.2, 0.25) is 5.91 Å². The van der Waals surface area contributed by atoms with Crippen LogP contribution in [0, 0.1) is 5.82 Å². The first-order valence-electron chi connectivity index (χ1n) is 9.84. The van der Waals surface area contributed by atoms with Crippen LogP contribution < -0.4 is 14.5 Å². The van der Waals surface area contributed by atoms with Gasteiger partial charge in [-0.05, 0) is 48.7 Å². The van der Waals surface area contributed by atoms with Gasteiger partial charge in [-0.25, -0.2) is 8.70 Å². The highest BCUT2D eigenvalue weighted by Crippen LogP contribution is 2.27. The summed E-state index contributed by atoms with van der Waals surface area (Å²) in [5, 5.41) is 2.79. The van der Waals surface area contributed by atoms with E-state index in [1.165, 1.54) is 49.6 Å². The van der Waals surface area contributed by atoms with Gasteiger partial charge in [-0.2, -0.15) is 12.7 Å². The van der Waals surface area contributed by atoms with Crippen molar-refractivity contribution in [3.63, 3.8) is 0 Å². The summed E-state index contributed by atoms with van der Waals surface area (Å²) in [5.74, 6) is -0.888. The number of amides is 1. The topological polar surface area (TPSA) is 73.0 Å². The zero-order chi connectivity index (χ0) is 21.7. The quantitative estimate of drug-likeness (QED) is 0.613. The monoisotopic (exact) mass is 434 g/mol. The molecular formula is C21H27FN4O3S. The van der Waals surface area contributed by atoms with Gasteiger partial charge in [-0.15, -0.1) is 0 Å². The SMILES string of the molecule is CN(C)S(=O)(=O)N(CC(=O)NCCCN1CCc2ccccc21)c1ccc(F)cc1. The molecule has 162 valence electrons. The number of benzene rings is 2. The van der Waals surface area contributed by atoms with E-state index in [2.05, 4.69) is 22.3 Å². The Hall–Kier alpha value is -2.65. The molecule has 1 heterocycles. The highest BCUT2D eigenvalue weighted by atomic mass is 32.2. The predicted molar refractivity (Wildman–Crippen MR) is 116 cm³/mol. The van der Waals surface area contributed by atoms with E-state index in [4.69, 9.17) is 0 Å². The molecule has 0 aliphatic carbocycles. The number of halogens is 1. The number of fused-ring (bicyclic) bond motifs is 1. The lowest BCUT2D eigenvalue weighted by molar-refractivity contribution is -0.119. The summed E-state index contributed by atoms with van der Waals surface area (Å²) in [5.41, 5.74) is 2.81. The van der Waals surface area contributed by atoms with Crippen LogP contribution >= 0.6 is 0 Å².